The number of pyridine rings is 1. The van der Waals surface area contributed by atoms with Gasteiger partial charge in [-0.1, -0.05) is 0 Å². The first kappa shape index (κ1) is 15.5. The Balaban J connectivity index is 1.63. The summed E-state index contributed by atoms with van der Waals surface area (Å²) in [5.41, 5.74) is 1.52. The van der Waals surface area contributed by atoms with Gasteiger partial charge in [0.05, 0.1) is 5.39 Å². The summed E-state index contributed by atoms with van der Waals surface area (Å²) in [6.45, 7) is 2.29. The van der Waals surface area contributed by atoms with Gasteiger partial charge in [0.2, 0.25) is 5.82 Å². The summed E-state index contributed by atoms with van der Waals surface area (Å²) >= 11 is 0. The maximum Gasteiger partial charge on any atom is 0.289 e. The Hall–Kier alpha value is -3.03. The molecule has 1 amide bonds. The number of hydrogen-bond donors (Lipinski definition) is 1. The highest BCUT2D eigenvalue weighted by atomic mass is 16.2. The van der Waals surface area contributed by atoms with Gasteiger partial charge in [-0.2, -0.15) is 5.10 Å². The van der Waals surface area contributed by atoms with Gasteiger partial charge in [-0.3, -0.25) is 14.5 Å². The summed E-state index contributed by atoms with van der Waals surface area (Å²) in [5.74, 6) is 0.650. The third-order valence-corrected chi connectivity index (χ3v) is 4.28. The molecule has 4 heterocycles. The quantitative estimate of drug-likeness (QED) is 0.772. The van der Waals surface area contributed by atoms with Crippen molar-refractivity contribution in [2.75, 3.05) is 18.0 Å². The first-order valence-electron chi connectivity index (χ1n) is 8.34. The van der Waals surface area contributed by atoms with Gasteiger partial charge in [0.1, 0.15) is 5.82 Å². The molecule has 1 saturated heterocycles. The Kier molecular flexibility index (Phi) is 4.01. The Labute approximate surface area is 144 Å². The lowest BCUT2D eigenvalue weighted by atomic mass is 10.2. The Morgan fingerprint density at radius 3 is 2.72 bits per heavy atom. The molecule has 0 aromatic carbocycles. The first-order chi connectivity index (χ1) is 12.2. The Morgan fingerprint density at radius 1 is 1.20 bits per heavy atom. The zero-order valence-corrected chi connectivity index (χ0v) is 14.0. The lowest BCUT2D eigenvalue weighted by molar-refractivity contribution is 0.0941. The highest BCUT2D eigenvalue weighted by molar-refractivity contribution is 5.95. The fraction of sp³-hybridized carbons (Fsp3) is 0.353. The molecular weight excluding hydrogens is 318 g/mol. The maximum atomic E-state index is 12.5. The number of aromatic nitrogens is 5. The van der Waals surface area contributed by atoms with E-state index in [-0.39, 0.29) is 11.7 Å². The van der Waals surface area contributed by atoms with E-state index in [1.807, 2.05) is 25.4 Å². The van der Waals surface area contributed by atoms with Gasteiger partial charge in [-0.15, -0.1) is 0 Å². The molecule has 128 valence electrons. The molecule has 1 aliphatic rings. The minimum Gasteiger partial charge on any atom is -0.356 e. The van der Waals surface area contributed by atoms with Gasteiger partial charge in [0, 0.05) is 45.3 Å². The SMILES string of the molecule is Cn1cc2c(N3CCCC3)nc(C(=O)NCc3ccncc3)nc2n1. The molecule has 0 radical (unpaired) electrons. The molecule has 3 aromatic heterocycles. The van der Waals surface area contributed by atoms with Gasteiger partial charge in [-0.25, -0.2) is 9.97 Å². The molecular formula is C17H19N7O. The summed E-state index contributed by atoms with van der Waals surface area (Å²) in [5, 5.41) is 8.10. The van der Waals surface area contributed by atoms with Crippen molar-refractivity contribution in [2.24, 2.45) is 7.05 Å². The van der Waals surface area contributed by atoms with E-state index in [1.54, 1.807) is 17.1 Å². The lowest BCUT2D eigenvalue weighted by Gasteiger charge is -2.17. The first-order valence-corrected chi connectivity index (χ1v) is 8.34. The second kappa shape index (κ2) is 6.46. The second-order valence-corrected chi connectivity index (χ2v) is 6.14. The average Bonchev–Trinajstić information content (AvgIpc) is 3.28. The van der Waals surface area contributed by atoms with Crippen LogP contribution >= 0.6 is 0 Å². The standard InChI is InChI=1S/C17H19N7O/c1-23-11-13-14(22-23)20-15(21-16(13)24-8-2-3-9-24)17(25)19-10-12-4-6-18-7-5-12/h4-7,11H,2-3,8-10H2,1H3,(H,19,25). The highest BCUT2D eigenvalue weighted by Gasteiger charge is 2.22. The van der Waals surface area contributed by atoms with E-state index in [9.17, 15) is 4.79 Å². The number of hydrogen-bond acceptors (Lipinski definition) is 6. The van der Waals surface area contributed by atoms with Gasteiger partial charge in [0.15, 0.2) is 5.65 Å². The van der Waals surface area contributed by atoms with Crippen molar-refractivity contribution >= 4 is 22.8 Å². The predicted octanol–water partition coefficient (Wildman–Crippen LogP) is 1.29. The van der Waals surface area contributed by atoms with Crippen LogP contribution in [0.3, 0.4) is 0 Å². The molecule has 8 nitrogen and oxygen atoms in total. The number of nitrogens with zero attached hydrogens (tertiary/aromatic N) is 6. The van der Waals surface area contributed by atoms with Crippen LogP contribution in [-0.2, 0) is 13.6 Å². The van der Waals surface area contributed by atoms with Crippen molar-refractivity contribution in [2.45, 2.75) is 19.4 Å². The van der Waals surface area contributed by atoms with Crippen molar-refractivity contribution in [1.82, 2.24) is 30.0 Å². The largest absolute Gasteiger partial charge is 0.356 e. The van der Waals surface area contributed by atoms with E-state index < -0.39 is 0 Å². The van der Waals surface area contributed by atoms with Crippen LogP contribution in [-0.4, -0.2) is 43.7 Å². The highest BCUT2D eigenvalue weighted by Crippen LogP contribution is 2.26. The van der Waals surface area contributed by atoms with Crippen LogP contribution in [0.1, 0.15) is 29.0 Å². The van der Waals surface area contributed by atoms with Crippen molar-refractivity contribution in [3.63, 3.8) is 0 Å². The molecule has 1 fully saturated rings. The van der Waals surface area contributed by atoms with Crippen LogP contribution < -0.4 is 10.2 Å². The molecule has 0 aliphatic carbocycles. The number of amides is 1. The van der Waals surface area contributed by atoms with Crippen LogP contribution in [0.2, 0.25) is 0 Å². The van der Waals surface area contributed by atoms with E-state index in [4.69, 9.17) is 0 Å². The lowest BCUT2D eigenvalue weighted by Crippen LogP contribution is -2.27. The van der Waals surface area contributed by atoms with Crippen molar-refractivity contribution in [3.8, 4) is 0 Å². The van der Waals surface area contributed by atoms with Crippen LogP contribution in [0.25, 0.3) is 11.0 Å². The molecule has 1 N–H and O–H groups in total. The fourth-order valence-corrected chi connectivity index (χ4v) is 3.04. The van der Waals surface area contributed by atoms with Crippen molar-refractivity contribution < 1.29 is 4.79 Å². The molecule has 1 aliphatic heterocycles. The molecule has 0 unspecified atom stereocenters. The molecule has 25 heavy (non-hydrogen) atoms. The van der Waals surface area contributed by atoms with Crippen LogP contribution in [0.4, 0.5) is 5.82 Å². The predicted molar refractivity (Wildman–Crippen MR) is 93.2 cm³/mol. The van der Waals surface area contributed by atoms with E-state index in [2.05, 4.69) is 30.3 Å². The maximum absolute atomic E-state index is 12.5. The number of nitrogens with one attached hydrogen (secondary N) is 1. The van der Waals surface area contributed by atoms with Gasteiger partial charge >= 0.3 is 0 Å². The minimum atomic E-state index is -0.301. The van der Waals surface area contributed by atoms with Crippen molar-refractivity contribution in [3.05, 3.63) is 42.1 Å². The topological polar surface area (TPSA) is 88.8 Å². The Morgan fingerprint density at radius 2 is 1.96 bits per heavy atom. The summed E-state index contributed by atoms with van der Waals surface area (Å²) in [7, 11) is 1.85. The molecule has 4 rings (SSSR count). The minimum absolute atomic E-state index is 0.155. The van der Waals surface area contributed by atoms with Gasteiger partial charge in [-0.05, 0) is 30.5 Å². The van der Waals surface area contributed by atoms with Gasteiger partial charge < -0.3 is 10.2 Å². The molecule has 0 spiro atoms. The zero-order chi connectivity index (χ0) is 17.2. The van der Waals surface area contributed by atoms with E-state index >= 15 is 0 Å². The molecule has 3 aromatic rings. The zero-order valence-electron chi connectivity index (χ0n) is 14.0. The number of carbonyl (C=O) groups excluding carboxylic acids is 1. The van der Waals surface area contributed by atoms with Gasteiger partial charge in [0.25, 0.3) is 5.91 Å². The molecule has 8 heteroatoms. The second-order valence-electron chi connectivity index (χ2n) is 6.14. The molecule has 0 bridgehead atoms. The van der Waals surface area contributed by atoms with E-state index in [0.717, 1.165) is 42.7 Å². The third kappa shape index (κ3) is 3.15. The van der Waals surface area contributed by atoms with E-state index in [1.165, 1.54) is 0 Å². The average molecular weight is 337 g/mol. The normalized spacial score (nSPS) is 14.2. The third-order valence-electron chi connectivity index (χ3n) is 4.28. The smallest absolute Gasteiger partial charge is 0.289 e. The van der Waals surface area contributed by atoms with Crippen molar-refractivity contribution in [1.29, 1.82) is 0 Å². The number of rotatable bonds is 4. The fourth-order valence-electron chi connectivity index (χ4n) is 3.04. The number of aryl methyl sites for hydroxylation is 1. The number of anilines is 1. The number of fused-ring (bicyclic) bond motifs is 1. The summed E-state index contributed by atoms with van der Waals surface area (Å²) in [6, 6.07) is 3.72. The van der Waals surface area contributed by atoms with E-state index in [0.29, 0.717) is 12.2 Å². The monoisotopic (exact) mass is 337 g/mol. The summed E-state index contributed by atoms with van der Waals surface area (Å²) in [6.07, 6.45) is 7.57. The van der Waals surface area contributed by atoms with Crippen LogP contribution in [0.5, 0.6) is 0 Å². The molecule has 0 saturated carbocycles. The van der Waals surface area contributed by atoms with Crippen LogP contribution in [0.15, 0.2) is 30.7 Å². The van der Waals surface area contributed by atoms with Crippen LogP contribution in [0, 0.1) is 0 Å². The number of carbonyl (C=O) groups is 1. The summed E-state index contributed by atoms with van der Waals surface area (Å²) < 4.78 is 1.71. The molecule has 0 atom stereocenters. The summed E-state index contributed by atoms with van der Waals surface area (Å²) in [4.78, 5) is 27.6. The Bertz CT molecular complexity index is 900.